The summed E-state index contributed by atoms with van der Waals surface area (Å²) in [4.78, 5) is 17.4. The molecule has 2 aliphatic rings. The van der Waals surface area contributed by atoms with Crippen molar-refractivity contribution in [2.24, 2.45) is 4.99 Å². The molecule has 0 amide bonds. The van der Waals surface area contributed by atoms with Gasteiger partial charge in [0.1, 0.15) is 0 Å². The summed E-state index contributed by atoms with van der Waals surface area (Å²) in [5.41, 5.74) is 0.901. The molecule has 2 atom stereocenters. The summed E-state index contributed by atoms with van der Waals surface area (Å²) in [5.74, 6) is 0.913. The molecule has 11 heteroatoms. The molecule has 3 rings (SSSR count). The Morgan fingerprint density at radius 1 is 1.30 bits per heavy atom. The molecule has 0 aliphatic carbocycles. The number of aliphatic imine (C=N–C) groups is 1. The molecule has 1 aromatic carbocycles. The maximum Gasteiger partial charge on any atom is 0.269 e. The first-order valence-electron chi connectivity index (χ1n) is 10.1. The molecule has 2 N–H and O–H groups in total. The molecule has 0 spiro atoms. The topological polar surface area (TPSA) is 117 Å². The van der Waals surface area contributed by atoms with E-state index in [-0.39, 0.29) is 47.2 Å². The summed E-state index contributed by atoms with van der Waals surface area (Å²) in [6.45, 7) is 5.38. The zero-order valence-electron chi connectivity index (χ0n) is 17.1. The maximum atomic E-state index is 11.8. The third kappa shape index (κ3) is 7.05. The minimum Gasteiger partial charge on any atom is -0.355 e. The maximum absolute atomic E-state index is 11.8. The van der Waals surface area contributed by atoms with Crippen LogP contribution in [0.15, 0.2) is 29.3 Å². The van der Waals surface area contributed by atoms with Gasteiger partial charge in [-0.1, -0.05) is 19.1 Å². The molecule has 0 aromatic heterocycles. The first kappa shape index (κ1) is 24.8. The fourth-order valence-electron chi connectivity index (χ4n) is 3.91. The Morgan fingerprint density at radius 3 is 2.63 bits per heavy atom. The predicted octanol–water partition coefficient (Wildman–Crippen LogP) is 1.92. The van der Waals surface area contributed by atoms with Crippen LogP contribution < -0.4 is 10.6 Å². The number of nitro benzene ring substituents is 1. The van der Waals surface area contributed by atoms with E-state index in [1.165, 1.54) is 18.6 Å². The second kappa shape index (κ2) is 11.2. The highest BCUT2D eigenvalue weighted by Gasteiger charge is 2.29. The van der Waals surface area contributed by atoms with Gasteiger partial charge in [-0.25, -0.2) is 13.4 Å². The number of sulfone groups is 1. The Hall–Kier alpha value is -1.47. The Bertz CT molecular complexity index is 847. The number of benzene rings is 1. The van der Waals surface area contributed by atoms with Gasteiger partial charge in [-0.3, -0.25) is 15.0 Å². The number of non-ortho nitro benzene ring substituents is 1. The summed E-state index contributed by atoms with van der Waals surface area (Å²) in [6.07, 6.45) is 2.89. The van der Waals surface area contributed by atoms with E-state index >= 15 is 0 Å². The first-order valence-corrected chi connectivity index (χ1v) is 11.9. The lowest BCUT2D eigenvalue weighted by molar-refractivity contribution is -0.384. The summed E-state index contributed by atoms with van der Waals surface area (Å²) in [5, 5.41) is 17.4. The molecule has 2 aliphatic heterocycles. The van der Waals surface area contributed by atoms with Crippen LogP contribution in [0.3, 0.4) is 0 Å². The third-order valence-electron chi connectivity index (χ3n) is 5.55. The number of nitrogens with zero attached hydrogens (tertiary/aromatic N) is 3. The van der Waals surface area contributed by atoms with E-state index in [1.807, 2.05) is 0 Å². The summed E-state index contributed by atoms with van der Waals surface area (Å²) in [7, 11) is -2.98. The highest BCUT2D eigenvalue weighted by Crippen LogP contribution is 2.16. The van der Waals surface area contributed by atoms with Gasteiger partial charge in [0.25, 0.3) is 5.69 Å². The molecular weight excluding hydrogens is 521 g/mol. The number of halogens is 1. The minimum atomic E-state index is -2.98. The van der Waals surface area contributed by atoms with Crippen LogP contribution in [0.1, 0.15) is 31.7 Å². The van der Waals surface area contributed by atoms with E-state index in [1.54, 1.807) is 12.1 Å². The summed E-state index contributed by atoms with van der Waals surface area (Å²) < 4.78 is 23.6. The summed E-state index contributed by atoms with van der Waals surface area (Å²) >= 11 is 0. The molecule has 30 heavy (non-hydrogen) atoms. The van der Waals surface area contributed by atoms with E-state index in [0.717, 1.165) is 31.6 Å². The van der Waals surface area contributed by atoms with Crippen molar-refractivity contribution in [2.75, 3.05) is 31.1 Å². The van der Waals surface area contributed by atoms with Crippen LogP contribution in [0.2, 0.25) is 0 Å². The van der Waals surface area contributed by atoms with Crippen LogP contribution in [0.25, 0.3) is 0 Å². The van der Waals surface area contributed by atoms with Crippen molar-refractivity contribution in [3.05, 3.63) is 39.9 Å². The molecule has 0 saturated carbocycles. The Kier molecular flexibility index (Phi) is 9.29. The number of guanidine groups is 1. The highest BCUT2D eigenvalue weighted by molar-refractivity contribution is 14.0. The van der Waals surface area contributed by atoms with Gasteiger partial charge < -0.3 is 10.6 Å². The molecule has 9 nitrogen and oxygen atoms in total. The number of nitro groups is 1. The quantitative estimate of drug-likeness (QED) is 0.175. The molecule has 0 bridgehead atoms. The minimum absolute atomic E-state index is 0. The van der Waals surface area contributed by atoms with E-state index < -0.39 is 14.8 Å². The van der Waals surface area contributed by atoms with Crippen molar-refractivity contribution in [3.63, 3.8) is 0 Å². The average Bonchev–Trinajstić information content (AvgIpc) is 3.29. The largest absolute Gasteiger partial charge is 0.355 e. The number of hydrogen-bond donors (Lipinski definition) is 2. The Morgan fingerprint density at radius 2 is 2.03 bits per heavy atom. The van der Waals surface area contributed by atoms with Crippen LogP contribution in [0.4, 0.5) is 5.69 Å². The van der Waals surface area contributed by atoms with E-state index in [9.17, 15) is 18.5 Å². The lowest BCUT2D eigenvalue weighted by Crippen LogP contribution is -2.48. The van der Waals surface area contributed by atoms with Gasteiger partial charge in [0.05, 0.1) is 23.0 Å². The fraction of sp³-hybridized carbons (Fsp3) is 0.632. The molecule has 2 fully saturated rings. The highest BCUT2D eigenvalue weighted by atomic mass is 127. The van der Waals surface area contributed by atoms with Crippen molar-refractivity contribution < 1.29 is 13.3 Å². The van der Waals surface area contributed by atoms with Crippen molar-refractivity contribution >= 4 is 45.5 Å². The molecular formula is C19H30IN5O4S. The van der Waals surface area contributed by atoms with E-state index in [2.05, 4.69) is 27.4 Å². The third-order valence-corrected chi connectivity index (χ3v) is 7.32. The van der Waals surface area contributed by atoms with Crippen LogP contribution in [0.5, 0.6) is 0 Å². The second-order valence-corrected chi connectivity index (χ2v) is 9.87. The van der Waals surface area contributed by atoms with Gasteiger partial charge in [0.15, 0.2) is 15.8 Å². The zero-order valence-corrected chi connectivity index (χ0v) is 20.3. The van der Waals surface area contributed by atoms with Gasteiger partial charge in [-0.2, -0.15) is 0 Å². The van der Waals surface area contributed by atoms with Gasteiger partial charge in [0.2, 0.25) is 0 Å². The molecule has 2 unspecified atom stereocenters. The number of nitrogens with one attached hydrogen (secondary N) is 2. The fourth-order valence-corrected chi connectivity index (χ4v) is 5.58. The van der Waals surface area contributed by atoms with Crippen LogP contribution in [0, 0.1) is 10.1 Å². The molecule has 168 valence electrons. The zero-order chi connectivity index (χ0) is 20.9. The lowest BCUT2D eigenvalue weighted by Gasteiger charge is -2.25. The lowest BCUT2D eigenvalue weighted by atomic mass is 10.2. The van der Waals surface area contributed by atoms with Crippen molar-refractivity contribution in [1.29, 1.82) is 0 Å². The number of rotatable bonds is 7. The smallest absolute Gasteiger partial charge is 0.269 e. The van der Waals surface area contributed by atoms with Gasteiger partial charge in [0, 0.05) is 30.8 Å². The Labute approximate surface area is 194 Å². The van der Waals surface area contributed by atoms with E-state index in [0.29, 0.717) is 25.0 Å². The molecule has 2 saturated heterocycles. The monoisotopic (exact) mass is 551 g/mol. The van der Waals surface area contributed by atoms with Crippen molar-refractivity contribution in [3.8, 4) is 0 Å². The molecule has 2 heterocycles. The van der Waals surface area contributed by atoms with Crippen LogP contribution >= 0.6 is 24.0 Å². The van der Waals surface area contributed by atoms with Crippen LogP contribution in [-0.4, -0.2) is 67.4 Å². The van der Waals surface area contributed by atoms with E-state index in [4.69, 9.17) is 0 Å². The van der Waals surface area contributed by atoms with Gasteiger partial charge in [-0.05, 0) is 37.9 Å². The second-order valence-electron chi connectivity index (χ2n) is 7.64. The first-order chi connectivity index (χ1) is 13.9. The normalized spacial score (nSPS) is 23.7. The summed E-state index contributed by atoms with van der Waals surface area (Å²) in [6, 6.07) is 6.61. The van der Waals surface area contributed by atoms with Gasteiger partial charge >= 0.3 is 0 Å². The molecule has 1 aromatic rings. The predicted molar refractivity (Wildman–Crippen MR) is 128 cm³/mol. The van der Waals surface area contributed by atoms with Crippen molar-refractivity contribution in [1.82, 2.24) is 15.5 Å². The van der Waals surface area contributed by atoms with Crippen molar-refractivity contribution in [2.45, 2.75) is 44.8 Å². The molecule has 0 radical (unpaired) electrons. The van der Waals surface area contributed by atoms with Gasteiger partial charge in [-0.15, -0.1) is 24.0 Å². The van der Waals surface area contributed by atoms with Crippen LogP contribution in [-0.2, 0) is 16.4 Å². The number of likely N-dealkylation sites (N-methyl/N-ethyl adjacent to an activating group) is 1. The average molecular weight is 551 g/mol. The Balaban J connectivity index is 0.00000320. The number of likely N-dealkylation sites (tertiary alicyclic amines) is 1. The number of hydrogen-bond acceptors (Lipinski definition) is 6. The SMILES string of the molecule is CCN1CCCC1CNC(=NCc1ccc([N+](=O)[O-])cc1)NC1CCS(=O)(=O)C1.I. The standard InChI is InChI=1S/C19H29N5O4S.HI/c1-2-23-10-3-4-18(23)13-21-19(22-16-9-11-29(27,28)14-16)20-12-15-5-7-17(8-6-15)24(25)26;/h5-8,16,18H,2-4,9-14H2,1H3,(H2,20,21,22);1H.